The lowest BCUT2D eigenvalue weighted by Crippen LogP contribution is -2.52. The van der Waals surface area contributed by atoms with Gasteiger partial charge in [-0.1, -0.05) is 26.2 Å². The molecule has 0 bridgehead atoms. The standard InChI is InChI=1S/C16H31NO3/c1-4-6-7-8-12-19-13-11-16(3,15(18)20-5-2)17-14-9-10-14/h14,17H,4-13H2,1-3H3. The molecule has 0 saturated heterocycles. The number of esters is 1. The highest BCUT2D eigenvalue weighted by molar-refractivity contribution is 5.80. The summed E-state index contributed by atoms with van der Waals surface area (Å²) >= 11 is 0. The van der Waals surface area contributed by atoms with Gasteiger partial charge in [0.1, 0.15) is 5.54 Å². The fourth-order valence-corrected chi connectivity index (χ4v) is 2.21. The molecule has 0 amide bonds. The summed E-state index contributed by atoms with van der Waals surface area (Å²) in [7, 11) is 0. The van der Waals surface area contributed by atoms with Gasteiger partial charge in [-0.3, -0.25) is 10.1 Å². The smallest absolute Gasteiger partial charge is 0.326 e. The lowest BCUT2D eigenvalue weighted by atomic mass is 9.98. The van der Waals surface area contributed by atoms with Gasteiger partial charge in [-0.15, -0.1) is 0 Å². The minimum absolute atomic E-state index is 0.151. The molecule has 1 saturated carbocycles. The quantitative estimate of drug-likeness (QED) is 0.442. The summed E-state index contributed by atoms with van der Waals surface area (Å²) < 4.78 is 10.8. The maximum atomic E-state index is 12.1. The van der Waals surface area contributed by atoms with Crippen LogP contribution in [0.4, 0.5) is 0 Å². The van der Waals surface area contributed by atoms with E-state index in [-0.39, 0.29) is 5.97 Å². The number of unbranched alkanes of at least 4 members (excludes halogenated alkanes) is 3. The van der Waals surface area contributed by atoms with E-state index in [4.69, 9.17) is 9.47 Å². The number of carbonyl (C=O) groups is 1. The average molecular weight is 285 g/mol. The Hall–Kier alpha value is -0.610. The molecular formula is C16H31NO3. The summed E-state index contributed by atoms with van der Waals surface area (Å²) in [5.41, 5.74) is -0.597. The molecule has 1 N–H and O–H groups in total. The fraction of sp³-hybridized carbons (Fsp3) is 0.938. The van der Waals surface area contributed by atoms with Crippen LogP contribution < -0.4 is 5.32 Å². The van der Waals surface area contributed by atoms with Gasteiger partial charge >= 0.3 is 5.97 Å². The summed E-state index contributed by atoms with van der Waals surface area (Å²) in [6.07, 6.45) is 7.85. The fourth-order valence-electron chi connectivity index (χ4n) is 2.21. The van der Waals surface area contributed by atoms with Crippen LogP contribution >= 0.6 is 0 Å². The second kappa shape index (κ2) is 9.35. The van der Waals surface area contributed by atoms with Gasteiger partial charge in [-0.25, -0.2) is 0 Å². The zero-order valence-corrected chi connectivity index (χ0v) is 13.4. The normalized spacial score (nSPS) is 17.8. The van der Waals surface area contributed by atoms with Crippen LogP contribution in [0.5, 0.6) is 0 Å². The second-order valence-electron chi connectivity index (χ2n) is 5.89. The molecule has 1 fully saturated rings. The van der Waals surface area contributed by atoms with Crippen LogP contribution in [0.25, 0.3) is 0 Å². The van der Waals surface area contributed by atoms with Crippen molar-refractivity contribution in [2.24, 2.45) is 0 Å². The van der Waals surface area contributed by atoms with Crippen LogP contribution in [0.1, 0.15) is 65.7 Å². The minimum atomic E-state index is -0.597. The lowest BCUT2D eigenvalue weighted by molar-refractivity contribution is -0.151. The lowest BCUT2D eigenvalue weighted by Gasteiger charge is -2.28. The van der Waals surface area contributed by atoms with E-state index < -0.39 is 5.54 Å². The molecule has 0 radical (unpaired) electrons. The van der Waals surface area contributed by atoms with Crippen molar-refractivity contribution in [1.82, 2.24) is 5.32 Å². The van der Waals surface area contributed by atoms with Gasteiger partial charge in [-0.2, -0.15) is 0 Å². The third-order valence-corrected chi connectivity index (χ3v) is 3.71. The largest absolute Gasteiger partial charge is 0.465 e. The minimum Gasteiger partial charge on any atom is -0.465 e. The van der Waals surface area contributed by atoms with Gasteiger partial charge in [0, 0.05) is 19.3 Å². The van der Waals surface area contributed by atoms with Crippen LogP contribution in [0.2, 0.25) is 0 Å². The molecule has 4 nitrogen and oxygen atoms in total. The van der Waals surface area contributed by atoms with Crippen molar-refractivity contribution >= 4 is 5.97 Å². The molecule has 20 heavy (non-hydrogen) atoms. The van der Waals surface area contributed by atoms with Gasteiger partial charge in [0.25, 0.3) is 0 Å². The predicted molar refractivity (Wildman–Crippen MR) is 80.8 cm³/mol. The highest BCUT2D eigenvalue weighted by Crippen LogP contribution is 2.25. The van der Waals surface area contributed by atoms with Gasteiger partial charge in [-0.05, 0) is 39.5 Å². The maximum Gasteiger partial charge on any atom is 0.326 e. The van der Waals surface area contributed by atoms with Crippen LogP contribution in [0.15, 0.2) is 0 Å². The summed E-state index contributed by atoms with van der Waals surface area (Å²) in [5.74, 6) is -0.151. The summed E-state index contributed by atoms with van der Waals surface area (Å²) in [4.78, 5) is 12.1. The molecule has 1 unspecified atom stereocenters. The zero-order valence-electron chi connectivity index (χ0n) is 13.4. The molecule has 0 aromatic rings. The molecule has 0 heterocycles. The molecule has 0 aromatic heterocycles. The first kappa shape index (κ1) is 17.4. The third-order valence-electron chi connectivity index (χ3n) is 3.71. The van der Waals surface area contributed by atoms with Gasteiger partial charge in [0.15, 0.2) is 0 Å². The van der Waals surface area contributed by atoms with E-state index in [1.807, 2.05) is 13.8 Å². The van der Waals surface area contributed by atoms with Crippen LogP contribution in [-0.2, 0) is 14.3 Å². The van der Waals surface area contributed by atoms with Crippen molar-refractivity contribution in [2.75, 3.05) is 19.8 Å². The molecule has 4 heteroatoms. The van der Waals surface area contributed by atoms with Crippen molar-refractivity contribution in [1.29, 1.82) is 0 Å². The number of carbonyl (C=O) groups excluding carboxylic acids is 1. The molecule has 1 aliphatic rings. The first-order valence-electron chi connectivity index (χ1n) is 8.15. The molecule has 1 aliphatic carbocycles. The highest BCUT2D eigenvalue weighted by Gasteiger charge is 2.39. The average Bonchev–Trinajstić information content (AvgIpc) is 3.22. The van der Waals surface area contributed by atoms with E-state index in [2.05, 4.69) is 12.2 Å². The Bertz CT molecular complexity index is 279. The van der Waals surface area contributed by atoms with E-state index >= 15 is 0 Å². The molecule has 0 aromatic carbocycles. The Balaban J connectivity index is 2.23. The van der Waals surface area contributed by atoms with Gasteiger partial charge < -0.3 is 9.47 Å². The zero-order chi connectivity index (χ0) is 14.8. The number of hydrogen-bond acceptors (Lipinski definition) is 4. The van der Waals surface area contributed by atoms with E-state index in [0.717, 1.165) is 25.9 Å². The van der Waals surface area contributed by atoms with Crippen LogP contribution in [0.3, 0.4) is 0 Å². The molecule has 1 rings (SSSR count). The van der Waals surface area contributed by atoms with Crippen molar-refractivity contribution < 1.29 is 14.3 Å². The number of ether oxygens (including phenoxy) is 2. The molecule has 1 atom stereocenters. The summed E-state index contributed by atoms with van der Waals surface area (Å²) in [5, 5.41) is 3.41. The van der Waals surface area contributed by atoms with Crippen LogP contribution in [-0.4, -0.2) is 37.4 Å². The predicted octanol–water partition coefficient (Wildman–Crippen LogP) is 3.05. The Morgan fingerprint density at radius 2 is 1.95 bits per heavy atom. The Morgan fingerprint density at radius 1 is 1.20 bits per heavy atom. The van der Waals surface area contributed by atoms with Gasteiger partial charge in [0.2, 0.25) is 0 Å². The first-order chi connectivity index (χ1) is 9.62. The number of nitrogens with one attached hydrogen (secondary N) is 1. The van der Waals surface area contributed by atoms with Gasteiger partial charge in [0.05, 0.1) is 6.61 Å². The van der Waals surface area contributed by atoms with E-state index in [1.54, 1.807) is 0 Å². The SMILES string of the molecule is CCCCCCOCCC(C)(NC1CC1)C(=O)OCC. The van der Waals surface area contributed by atoms with Crippen molar-refractivity contribution in [3.05, 3.63) is 0 Å². The number of rotatable bonds is 12. The van der Waals surface area contributed by atoms with Crippen LogP contribution in [0, 0.1) is 0 Å². The first-order valence-corrected chi connectivity index (χ1v) is 8.15. The molecule has 118 valence electrons. The molecular weight excluding hydrogens is 254 g/mol. The maximum absolute atomic E-state index is 12.1. The molecule has 0 aliphatic heterocycles. The van der Waals surface area contributed by atoms with Crippen molar-refractivity contribution in [2.45, 2.75) is 77.3 Å². The van der Waals surface area contributed by atoms with E-state index in [9.17, 15) is 4.79 Å². The van der Waals surface area contributed by atoms with E-state index in [0.29, 0.717) is 25.7 Å². The third kappa shape index (κ3) is 6.71. The Morgan fingerprint density at radius 3 is 2.55 bits per heavy atom. The van der Waals surface area contributed by atoms with E-state index in [1.165, 1.54) is 19.3 Å². The highest BCUT2D eigenvalue weighted by atomic mass is 16.5. The Kier molecular flexibility index (Phi) is 8.15. The number of hydrogen-bond donors (Lipinski definition) is 1. The Labute approximate surface area is 123 Å². The molecule has 0 spiro atoms. The topological polar surface area (TPSA) is 47.6 Å². The van der Waals surface area contributed by atoms with Crippen molar-refractivity contribution in [3.63, 3.8) is 0 Å². The summed E-state index contributed by atoms with van der Waals surface area (Å²) in [6, 6.07) is 0.481. The summed E-state index contributed by atoms with van der Waals surface area (Å²) in [6.45, 7) is 7.82. The second-order valence-corrected chi connectivity index (χ2v) is 5.89. The van der Waals surface area contributed by atoms with Crippen molar-refractivity contribution in [3.8, 4) is 0 Å². The monoisotopic (exact) mass is 285 g/mol.